The summed E-state index contributed by atoms with van der Waals surface area (Å²) in [6.45, 7) is 0. The third kappa shape index (κ3) is 4.45. The summed E-state index contributed by atoms with van der Waals surface area (Å²) in [7, 11) is 0. The van der Waals surface area contributed by atoms with Crippen LogP contribution in [0.3, 0.4) is 0 Å². The highest BCUT2D eigenvalue weighted by molar-refractivity contribution is 6.12. The molecule has 5 nitrogen and oxygen atoms in total. The van der Waals surface area contributed by atoms with Crippen LogP contribution >= 0.6 is 0 Å². The molecule has 234 valence electrons. The maximum Gasteiger partial charge on any atom is 0.159 e. The number of para-hydroxylation sites is 3. The smallest absolute Gasteiger partial charge is 0.159 e. The van der Waals surface area contributed by atoms with Crippen molar-refractivity contribution >= 4 is 43.7 Å². The van der Waals surface area contributed by atoms with E-state index in [1.807, 2.05) is 42.7 Å². The van der Waals surface area contributed by atoms with Gasteiger partial charge >= 0.3 is 0 Å². The van der Waals surface area contributed by atoms with Crippen molar-refractivity contribution in [2.75, 3.05) is 0 Å². The maximum absolute atomic E-state index is 5.18. The van der Waals surface area contributed by atoms with E-state index < -0.39 is 0 Å². The monoisotopic (exact) mass is 639 g/mol. The van der Waals surface area contributed by atoms with Gasteiger partial charge in [0.2, 0.25) is 0 Å². The molecule has 0 fully saturated rings. The molecule has 0 N–H and O–H groups in total. The summed E-state index contributed by atoms with van der Waals surface area (Å²) in [4.78, 5) is 15.2. The van der Waals surface area contributed by atoms with Crippen LogP contribution in [0.1, 0.15) is 0 Å². The van der Waals surface area contributed by atoms with E-state index in [9.17, 15) is 0 Å². The fraction of sp³-hybridized carbons (Fsp3) is 0. The molecule has 0 unspecified atom stereocenters. The lowest BCUT2D eigenvalue weighted by atomic mass is 10.0. The lowest BCUT2D eigenvalue weighted by Gasteiger charge is -2.14. The molecule has 50 heavy (non-hydrogen) atoms. The first-order chi connectivity index (χ1) is 24.8. The van der Waals surface area contributed by atoms with Crippen LogP contribution in [-0.2, 0) is 0 Å². The molecule has 0 aliphatic carbocycles. The highest BCUT2D eigenvalue weighted by atomic mass is 15.0. The minimum Gasteiger partial charge on any atom is -0.306 e. The van der Waals surface area contributed by atoms with E-state index in [2.05, 4.69) is 143 Å². The van der Waals surface area contributed by atoms with E-state index in [0.29, 0.717) is 5.82 Å². The van der Waals surface area contributed by atoms with E-state index >= 15 is 0 Å². The Kier molecular flexibility index (Phi) is 6.42. The minimum absolute atomic E-state index is 0.702. The molecule has 4 aromatic heterocycles. The number of rotatable bonds is 5. The highest BCUT2D eigenvalue weighted by Crippen LogP contribution is 2.39. The van der Waals surface area contributed by atoms with Gasteiger partial charge in [-0.1, -0.05) is 121 Å². The van der Waals surface area contributed by atoms with Crippen molar-refractivity contribution in [3.05, 3.63) is 176 Å². The average Bonchev–Trinajstić information content (AvgIpc) is 3.71. The predicted octanol–water partition coefficient (Wildman–Crippen LogP) is 11.1. The highest BCUT2D eigenvalue weighted by Gasteiger charge is 2.20. The number of aromatic nitrogens is 5. The van der Waals surface area contributed by atoms with E-state index in [4.69, 9.17) is 15.0 Å². The molecular weight excluding hydrogens is 611 g/mol. The van der Waals surface area contributed by atoms with Gasteiger partial charge in [-0.2, -0.15) is 0 Å². The largest absolute Gasteiger partial charge is 0.306 e. The molecular formula is C45H29N5. The zero-order chi connectivity index (χ0) is 33.0. The van der Waals surface area contributed by atoms with Crippen molar-refractivity contribution in [1.82, 2.24) is 24.1 Å². The number of hydrogen-bond donors (Lipinski definition) is 0. The van der Waals surface area contributed by atoms with Gasteiger partial charge < -0.3 is 4.57 Å². The van der Waals surface area contributed by atoms with Crippen LogP contribution in [0.5, 0.6) is 0 Å². The van der Waals surface area contributed by atoms with Crippen molar-refractivity contribution in [1.29, 1.82) is 0 Å². The summed E-state index contributed by atoms with van der Waals surface area (Å²) < 4.78 is 4.56. The van der Waals surface area contributed by atoms with Gasteiger partial charge in [-0.05, 0) is 48.0 Å². The van der Waals surface area contributed by atoms with E-state index in [-0.39, 0.29) is 0 Å². The minimum atomic E-state index is 0.702. The van der Waals surface area contributed by atoms with E-state index in [1.54, 1.807) is 0 Å². The van der Waals surface area contributed by atoms with Crippen molar-refractivity contribution in [3.8, 4) is 45.1 Å². The SMILES string of the molecule is c1ccc(-c2ncc(-n3c4ccccc4c4cc(-c5cnc6c(c5)c5ccccc5n6-c5ccccc5)ccc43)c(-c3ccccc3)n2)cc1. The van der Waals surface area contributed by atoms with Crippen LogP contribution in [0.15, 0.2) is 176 Å². The van der Waals surface area contributed by atoms with Crippen molar-refractivity contribution in [2.24, 2.45) is 0 Å². The molecule has 5 heteroatoms. The molecule has 6 aromatic carbocycles. The van der Waals surface area contributed by atoms with Gasteiger partial charge in [-0.25, -0.2) is 15.0 Å². The molecule has 0 aliphatic rings. The van der Waals surface area contributed by atoms with Gasteiger partial charge in [0.05, 0.1) is 34.1 Å². The molecule has 0 amide bonds. The molecule has 10 rings (SSSR count). The first-order valence-corrected chi connectivity index (χ1v) is 16.8. The molecule has 0 radical (unpaired) electrons. The van der Waals surface area contributed by atoms with E-state index in [1.165, 1.54) is 10.8 Å². The van der Waals surface area contributed by atoms with Crippen LogP contribution in [-0.4, -0.2) is 24.1 Å². The number of nitrogens with zero attached hydrogens (tertiary/aromatic N) is 5. The average molecular weight is 640 g/mol. The Morgan fingerprint density at radius 2 is 0.960 bits per heavy atom. The second-order valence-electron chi connectivity index (χ2n) is 12.5. The van der Waals surface area contributed by atoms with Crippen LogP contribution in [0.2, 0.25) is 0 Å². The summed E-state index contributed by atoms with van der Waals surface area (Å²) >= 11 is 0. The second-order valence-corrected chi connectivity index (χ2v) is 12.5. The fourth-order valence-electron chi connectivity index (χ4n) is 7.33. The van der Waals surface area contributed by atoms with Crippen molar-refractivity contribution in [2.45, 2.75) is 0 Å². The van der Waals surface area contributed by atoms with Gasteiger partial charge in [0.25, 0.3) is 0 Å². The molecule has 0 aliphatic heterocycles. The normalized spacial score (nSPS) is 11.6. The summed E-state index contributed by atoms with van der Waals surface area (Å²) in [5, 5.41) is 4.65. The maximum atomic E-state index is 5.18. The van der Waals surface area contributed by atoms with Crippen LogP contribution in [0, 0.1) is 0 Å². The quantitative estimate of drug-likeness (QED) is 0.188. The van der Waals surface area contributed by atoms with Gasteiger partial charge in [-0.3, -0.25) is 4.57 Å². The molecule has 0 spiro atoms. The third-order valence-corrected chi connectivity index (χ3v) is 9.62. The standard InChI is InChI=1S/C45H29N5/c1-4-14-30(15-5-1)43-42(29-46-44(48-43)31-16-6-2-7-17-31)50-40-23-13-10-20-35(40)37-26-32(24-25-41(37)50)33-27-38-36-21-11-12-22-39(36)49(45(38)47-28-33)34-18-8-3-9-19-34/h1-29H. The van der Waals surface area contributed by atoms with E-state index in [0.717, 1.165) is 72.3 Å². The number of benzene rings is 6. The lowest BCUT2D eigenvalue weighted by molar-refractivity contribution is 1.09. The Morgan fingerprint density at radius 1 is 0.380 bits per heavy atom. The van der Waals surface area contributed by atoms with Crippen LogP contribution in [0.4, 0.5) is 0 Å². The topological polar surface area (TPSA) is 48.5 Å². The summed E-state index contributed by atoms with van der Waals surface area (Å²) in [6, 6.07) is 57.2. The van der Waals surface area contributed by atoms with Gasteiger partial charge in [0, 0.05) is 50.1 Å². The first kappa shape index (κ1) is 28.2. The summed E-state index contributed by atoms with van der Waals surface area (Å²) in [6.07, 6.45) is 3.97. The Morgan fingerprint density at radius 3 is 1.70 bits per heavy atom. The Balaban J connectivity index is 1.17. The summed E-state index contributed by atoms with van der Waals surface area (Å²) in [5.74, 6) is 0.702. The molecule has 0 saturated carbocycles. The summed E-state index contributed by atoms with van der Waals surface area (Å²) in [5.41, 5.74) is 11.4. The van der Waals surface area contributed by atoms with Crippen molar-refractivity contribution < 1.29 is 0 Å². The Bertz CT molecular complexity index is 2850. The number of hydrogen-bond acceptors (Lipinski definition) is 3. The molecule has 10 aromatic rings. The van der Waals surface area contributed by atoms with Crippen LogP contribution < -0.4 is 0 Å². The number of pyridine rings is 1. The number of fused-ring (bicyclic) bond motifs is 6. The van der Waals surface area contributed by atoms with Gasteiger partial charge in [0.15, 0.2) is 5.82 Å². The fourth-order valence-corrected chi connectivity index (χ4v) is 7.33. The molecule has 0 atom stereocenters. The Labute approximate surface area is 288 Å². The van der Waals surface area contributed by atoms with Crippen LogP contribution in [0.25, 0.3) is 88.9 Å². The predicted molar refractivity (Wildman–Crippen MR) is 205 cm³/mol. The lowest BCUT2D eigenvalue weighted by Crippen LogP contribution is -2.02. The first-order valence-electron chi connectivity index (χ1n) is 16.8. The Hall–Kier alpha value is -6.85. The zero-order valence-electron chi connectivity index (χ0n) is 27.0. The second kappa shape index (κ2) is 11.4. The van der Waals surface area contributed by atoms with Crippen molar-refractivity contribution in [3.63, 3.8) is 0 Å². The third-order valence-electron chi connectivity index (χ3n) is 9.62. The molecule has 0 saturated heterocycles. The van der Waals surface area contributed by atoms with Gasteiger partial charge in [-0.15, -0.1) is 0 Å². The molecule has 4 heterocycles. The van der Waals surface area contributed by atoms with Gasteiger partial charge in [0.1, 0.15) is 5.65 Å². The molecule has 0 bridgehead atoms. The zero-order valence-corrected chi connectivity index (χ0v) is 27.0.